The summed E-state index contributed by atoms with van der Waals surface area (Å²) in [6.07, 6.45) is 3.45. The molecule has 0 aliphatic carbocycles. The molecule has 3 rings (SSSR count). The maximum atomic E-state index is 12.5. The van der Waals surface area contributed by atoms with E-state index >= 15 is 0 Å². The number of hydrogen-bond donors (Lipinski definition) is 1. The summed E-state index contributed by atoms with van der Waals surface area (Å²) in [6.45, 7) is 1.82. The van der Waals surface area contributed by atoms with Crippen molar-refractivity contribution in [2.45, 2.75) is 13.0 Å². The minimum Gasteiger partial charge on any atom is -0.324 e. The van der Waals surface area contributed by atoms with Crippen LogP contribution in [0.5, 0.6) is 0 Å². The van der Waals surface area contributed by atoms with Crippen LogP contribution in [-0.2, 0) is 4.79 Å². The second-order valence-electron chi connectivity index (χ2n) is 5.22. The first-order valence-electron chi connectivity index (χ1n) is 7.30. The number of rotatable bonds is 4. The molecule has 0 radical (unpaired) electrons. The van der Waals surface area contributed by atoms with Crippen molar-refractivity contribution in [1.82, 2.24) is 9.78 Å². The number of carbonyl (C=O) groups is 1. The van der Waals surface area contributed by atoms with Crippen LogP contribution in [0.4, 0.5) is 5.69 Å². The number of hydrogen-bond acceptors (Lipinski definition) is 2. The monoisotopic (exact) mass is 369 g/mol. The third kappa shape index (κ3) is 3.51. The third-order valence-electron chi connectivity index (χ3n) is 3.62. The second kappa shape index (κ2) is 6.79. The third-order valence-corrected chi connectivity index (χ3v) is 4.03. The van der Waals surface area contributed by atoms with Gasteiger partial charge in [-0.2, -0.15) is 5.10 Å². The minimum atomic E-state index is -0.398. The first-order valence-corrected chi connectivity index (χ1v) is 8.09. The number of amides is 1. The van der Waals surface area contributed by atoms with Crippen LogP contribution in [0.3, 0.4) is 0 Å². The van der Waals surface area contributed by atoms with Crippen LogP contribution in [0.15, 0.2) is 71.5 Å². The number of para-hydroxylation sites is 1. The van der Waals surface area contributed by atoms with Crippen molar-refractivity contribution in [1.29, 1.82) is 0 Å². The Morgan fingerprint density at radius 3 is 2.52 bits per heavy atom. The summed E-state index contributed by atoms with van der Waals surface area (Å²) in [6, 6.07) is 17.4. The van der Waals surface area contributed by atoms with Gasteiger partial charge < -0.3 is 5.32 Å². The molecule has 4 nitrogen and oxygen atoms in total. The van der Waals surface area contributed by atoms with Gasteiger partial charge in [-0.3, -0.25) is 9.48 Å². The summed E-state index contributed by atoms with van der Waals surface area (Å²) in [7, 11) is 0. The summed E-state index contributed by atoms with van der Waals surface area (Å²) in [5.41, 5.74) is 2.86. The fourth-order valence-electron chi connectivity index (χ4n) is 2.35. The van der Waals surface area contributed by atoms with Crippen LogP contribution in [0.2, 0.25) is 0 Å². The molecule has 0 bridgehead atoms. The Labute approximate surface area is 143 Å². The molecule has 0 unspecified atom stereocenters. The molecule has 1 N–H and O–H groups in total. The molecule has 0 spiro atoms. The molecule has 1 aromatic heterocycles. The fraction of sp³-hybridized carbons (Fsp3) is 0.111. The summed E-state index contributed by atoms with van der Waals surface area (Å²) < 4.78 is 2.48. The molecule has 3 aromatic rings. The van der Waals surface area contributed by atoms with Crippen molar-refractivity contribution in [2.24, 2.45) is 0 Å². The first kappa shape index (κ1) is 15.5. The zero-order valence-corrected chi connectivity index (χ0v) is 14.2. The van der Waals surface area contributed by atoms with E-state index in [4.69, 9.17) is 0 Å². The van der Waals surface area contributed by atoms with Crippen molar-refractivity contribution >= 4 is 27.5 Å². The zero-order valence-electron chi connectivity index (χ0n) is 12.6. The molecule has 1 amide bonds. The highest BCUT2D eigenvalue weighted by Gasteiger charge is 2.17. The lowest BCUT2D eigenvalue weighted by Crippen LogP contribution is -2.24. The van der Waals surface area contributed by atoms with E-state index in [1.54, 1.807) is 17.1 Å². The molecule has 0 saturated heterocycles. The second-order valence-corrected chi connectivity index (χ2v) is 6.13. The van der Waals surface area contributed by atoms with Gasteiger partial charge in [0.2, 0.25) is 5.91 Å². The largest absolute Gasteiger partial charge is 0.324 e. The molecule has 1 atom stereocenters. The lowest BCUT2D eigenvalue weighted by atomic mass is 10.0. The Bertz CT molecular complexity index is 814. The van der Waals surface area contributed by atoms with Gasteiger partial charge in [0.25, 0.3) is 0 Å². The number of aromatic nitrogens is 2. The van der Waals surface area contributed by atoms with Crippen LogP contribution in [0.1, 0.15) is 13.0 Å². The molecule has 0 fully saturated rings. The number of anilines is 1. The van der Waals surface area contributed by atoms with E-state index in [1.165, 1.54) is 0 Å². The van der Waals surface area contributed by atoms with Gasteiger partial charge in [0, 0.05) is 17.4 Å². The molecule has 116 valence electrons. The van der Waals surface area contributed by atoms with Gasteiger partial charge in [0.15, 0.2) is 0 Å². The van der Waals surface area contributed by atoms with E-state index in [-0.39, 0.29) is 5.91 Å². The highest BCUT2D eigenvalue weighted by atomic mass is 79.9. The Morgan fingerprint density at radius 1 is 1.13 bits per heavy atom. The normalized spacial score (nSPS) is 11.9. The molecular weight excluding hydrogens is 354 g/mol. The van der Waals surface area contributed by atoms with Crippen LogP contribution in [0.25, 0.3) is 11.1 Å². The highest BCUT2D eigenvalue weighted by molar-refractivity contribution is 9.10. The fourth-order valence-corrected chi connectivity index (χ4v) is 2.65. The zero-order chi connectivity index (χ0) is 16.2. The van der Waals surface area contributed by atoms with Crippen molar-refractivity contribution in [2.75, 3.05) is 5.32 Å². The van der Waals surface area contributed by atoms with E-state index in [0.29, 0.717) is 0 Å². The number of nitrogens with zero attached hydrogens (tertiary/aromatic N) is 2. The van der Waals surface area contributed by atoms with E-state index < -0.39 is 6.04 Å². The van der Waals surface area contributed by atoms with Crippen LogP contribution < -0.4 is 5.32 Å². The molecule has 5 heteroatoms. The molecule has 23 heavy (non-hydrogen) atoms. The maximum Gasteiger partial charge on any atom is 0.248 e. The number of benzene rings is 2. The number of nitrogens with one attached hydrogen (secondary N) is 1. The predicted molar refractivity (Wildman–Crippen MR) is 95.1 cm³/mol. The molecule has 0 saturated carbocycles. The summed E-state index contributed by atoms with van der Waals surface area (Å²) in [5.74, 6) is -0.107. The quantitative estimate of drug-likeness (QED) is 0.735. The van der Waals surface area contributed by atoms with E-state index in [1.807, 2.05) is 61.5 Å². The Balaban J connectivity index is 1.84. The van der Waals surface area contributed by atoms with Crippen LogP contribution in [-0.4, -0.2) is 15.7 Å². The Hall–Kier alpha value is -2.40. The molecule has 0 aliphatic heterocycles. The summed E-state index contributed by atoms with van der Waals surface area (Å²) >= 11 is 3.34. The average Bonchev–Trinajstić information content (AvgIpc) is 3.02. The van der Waals surface area contributed by atoms with Gasteiger partial charge in [-0.05, 0) is 34.5 Å². The van der Waals surface area contributed by atoms with Gasteiger partial charge in [-0.15, -0.1) is 0 Å². The van der Waals surface area contributed by atoms with E-state index in [9.17, 15) is 4.79 Å². The van der Waals surface area contributed by atoms with Gasteiger partial charge in [0.1, 0.15) is 6.04 Å². The highest BCUT2D eigenvalue weighted by Crippen LogP contribution is 2.28. The molecule has 2 aromatic carbocycles. The minimum absolute atomic E-state index is 0.107. The standard InChI is InChI=1S/C18H16BrN3O/c1-13(22-12-15(19)11-20-22)18(23)21-17-10-6-5-9-16(17)14-7-3-2-4-8-14/h2-13H,1H3,(H,21,23)/t13-/m1/s1. The van der Waals surface area contributed by atoms with Crippen molar-refractivity contribution in [3.63, 3.8) is 0 Å². The van der Waals surface area contributed by atoms with Crippen LogP contribution in [0, 0.1) is 0 Å². The topological polar surface area (TPSA) is 46.9 Å². The average molecular weight is 370 g/mol. The molecule has 1 heterocycles. The Morgan fingerprint density at radius 2 is 1.83 bits per heavy atom. The SMILES string of the molecule is C[C@H](C(=O)Nc1ccccc1-c1ccccc1)n1cc(Br)cn1. The van der Waals surface area contributed by atoms with Crippen molar-refractivity contribution in [3.05, 3.63) is 71.5 Å². The first-order chi connectivity index (χ1) is 11.1. The van der Waals surface area contributed by atoms with Crippen LogP contribution >= 0.6 is 15.9 Å². The smallest absolute Gasteiger partial charge is 0.248 e. The number of halogens is 1. The summed E-state index contributed by atoms with van der Waals surface area (Å²) in [5, 5.41) is 7.17. The van der Waals surface area contributed by atoms with E-state index in [2.05, 4.69) is 26.3 Å². The molecule has 0 aliphatic rings. The van der Waals surface area contributed by atoms with Gasteiger partial charge in [-0.1, -0.05) is 48.5 Å². The van der Waals surface area contributed by atoms with Gasteiger partial charge >= 0.3 is 0 Å². The lowest BCUT2D eigenvalue weighted by Gasteiger charge is -2.15. The van der Waals surface area contributed by atoms with E-state index in [0.717, 1.165) is 21.3 Å². The number of carbonyl (C=O) groups excluding carboxylic acids is 1. The maximum absolute atomic E-state index is 12.5. The molecular formula is C18H16BrN3O. The van der Waals surface area contributed by atoms with Gasteiger partial charge in [-0.25, -0.2) is 0 Å². The summed E-state index contributed by atoms with van der Waals surface area (Å²) in [4.78, 5) is 12.5. The van der Waals surface area contributed by atoms with Crippen molar-refractivity contribution in [3.8, 4) is 11.1 Å². The van der Waals surface area contributed by atoms with Crippen molar-refractivity contribution < 1.29 is 4.79 Å². The predicted octanol–water partition coefficient (Wildman–Crippen LogP) is 4.51. The Kier molecular flexibility index (Phi) is 4.57. The van der Waals surface area contributed by atoms with Gasteiger partial charge in [0.05, 0.1) is 10.7 Å². The lowest BCUT2D eigenvalue weighted by molar-refractivity contribution is -0.119.